The van der Waals surface area contributed by atoms with Crippen LogP contribution in [0.1, 0.15) is 104 Å². The first-order valence-corrected chi connectivity index (χ1v) is 24.3. The maximum atomic E-state index is 15.1. The quantitative estimate of drug-likeness (QED) is 0.0403. The monoisotopic (exact) mass is 1020 g/mol. The average molecular weight is 1020 g/mol. The van der Waals surface area contributed by atoms with Crippen molar-refractivity contribution in [3.8, 4) is 11.1 Å². The number of aliphatic carboxylic acids is 1. The fourth-order valence-corrected chi connectivity index (χ4v) is 8.35. The summed E-state index contributed by atoms with van der Waals surface area (Å²) >= 11 is 0. The number of nitrogens with one attached hydrogen (secondary N) is 5. The first-order chi connectivity index (χ1) is 34.4. The van der Waals surface area contributed by atoms with Crippen molar-refractivity contribution in [2.24, 2.45) is 17.1 Å². The van der Waals surface area contributed by atoms with Gasteiger partial charge < -0.3 is 52.0 Å². The van der Waals surface area contributed by atoms with Crippen molar-refractivity contribution < 1.29 is 62.1 Å². The fourth-order valence-electron chi connectivity index (χ4n) is 8.35. The summed E-state index contributed by atoms with van der Waals surface area (Å²) in [6.45, 7) is 9.19. The predicted molar refractivity (Wildman–Crippen MR) is 263 cm³/mol. The molecule has 2 aromatic carbocycles. The molecule has 73 heavy (non-hydrogen) atoms. The van der Waals surface area contributed by atoms with Gasteiger partial charge in [0.25, 0.3) is 0 Å². The molecule has 0 spiro atoms. The first-order valence-electron chi connectivity index (χ1n) is 24.3. The van der Waals surface area contributed by atoms with Crippen molar-refractivity contribution in [2.45, 2.75) is 123 Å². The molecule has 5 atom stereocenters. The third kappa shape index (κ3) is 17.3. The van der Waals surface area contributed by atoms with Crippen LogP contribution in [-0.2, 0) is 49.7 Å². The smallest absolute Gasteiger partial charge is 0.326 e. The van der Waals surface area contributed by atoms with E-state index in [2.05, 4.69) is 26.6 Å². The molecule has 9 N–H and O–H groups in total. The van der Waals surface area contributed by atoms with Gasteiger partial charge in [-0.1, -0.05) is 65.0 Å². The summed E-state index contributed by atoms with van der Waals surface area (Å²) in [5, 5.41) is 32.6. The van der Waals surface area contributed by atoms with Gasteiger partial charge in [-0.15, -0.1) is 0 Å². The third-order valence-corrected chi connectivity index (χ3v) is 12.2. The van der Waals surface area contributed by atoms with E-state index in [1.54, 1.807) is 26.1 Å². The van der Waals surface area contributed by atoms with Crippen molar-refractivity contribution in [2.75, 3.05) is 32.8 Å². The number of hydrogen-bond donors (Lipinski definition) is 8. The lowest BCUT2D eigenvalue weighted by Crippen LogP contribution is -2.57. The second-order valence-corrected chi connectivity index (χ2v) is 19.5. The fraction of sp³-hybridized carbons (Fsp3) is 0.510. The Kier molecular flexibility index (Phi) is 21.7. The molecule has 1 aliphatic heterocycles. The summed E-state index contributed by atoms with van der Waals surface area (Å²) in [4.78, 5) is 116. The molecular formula is C51H69F2N9O11. The number of benzene rings is 2. The minimum atomic E-state index is -1.33. The van der Waals surface area contributed by atoms with Gasteiger partial charge in [0.1, 0.15) is 42.9 Å². The van der Waals surface area contributed by atoms with Crippen molar-refractivity contribution in [3.05, 3.63) is 83.7 Å². The Hall–Kier alpha value is -7.07. The third-order valence-electron chi connectivity index (χ3n) is 12.2. The normalized spacial score (nSPS) is 14.7. The van der Waals surface area contributed by atoms with Crippen LogP contribution in [0, 0.1) is 23.0 Å². The maximum absolute atomic E-state index is 15.1. The highest BCUT2D eigenvalue weighted by Crippen LogP contribution is 2.41. The number of aliphatic hydroxyl groups is 1. The SMILES string of the molecule is CC(C)C(NC(=O)CN1C(=O)CCC1=O)C(=O)N[C@@H](C)C(=O)N[C@@H](CCCCNC(=O)CCNC(=O)[C@@H](N)CCN(C(=O)CO)[C@@H](c1cc(-c2cc(F)ccc2F)cn1Cc1ccccc1)C(C)(C)C)C(=O)O. The molecule has 0 bridgehead atoms. The number of rotatable bonds is 27. The van der Waals surface area contributed by atoms with Crippen LogP contribution in [0.15, 0.2) is 60.8 Å². The van der Waals surface area contributed by atoms with Gasteiger partial charge in [0, 0.05) is 68.5 Å². The molecule has 20 nitrogen and oxygen atoms in total. The number of imide groups is 1. The van der Waals surface area contributed by atoms with Gasteiger partial charge in [-0.25, -0.2) is 13.6 Å². The summed E-state index contributed by atoms with van der Waals surface area (Å²) in [5.41, 5.74) is 7.46. The molecule has 2 heterocycles. The molecule has 8 amide bonds. The number of carboxylic acid groups (broad SMARTS) is 1. The van der Waals surface area contributed by atoms with Gasteiger partial charge >= 0.3 is 5.97 Å². The van der Waals surface area contributed by atoms with Crippen LogP contribution in [-0.4, -0.2) is 135 Å². The number of halogens is 2. The van der Waals surface area contributed by atoms with Crippen molar-refractivity contribution in [1.29, 1.82) is 0 Å². The molecule has 398 valence electrons. The van der Waals surface area contributed by atoms with Gasteiger partial charge in [-0.3, -0.25) is 43.3 Å². The number of carboxylic acids is 1. The lowest BCUT2D eigenvalue weighted by molar-refractivity contribution is -0.143. The average Bonchev–Trinajstić information content (AvgIpc) is 3.88. The molecule has 3 aromatic rings. The van der Waals surface area contributed by atoms with Crippen LogP contribution >= 0.6 is 0 Å². The first kappa shape index (κ1) is 58.5. The van der Waals surface area contributed by atoms with Crippen LogP contribution in [0.5, 0.6) is 0 Å². The number of carbonyl (C=O) groups excluding carboxylic acids is 8. The number of likely N-dealkylation sites (tertiary alicyclic amines) is 1. The summed E-state index contributed by atoms with van der Waals surface area (Å²) < 4.78 is 31.3. The van der Waals surface area contributed by atoms with Crippen molar-refractivity contribution in [1.82, 2.24) is 41.0 Å². The van der Waals surface area contributed by atoms with E-state index >= 15 is 4.39 Å². The molecule has 1 aliphatic rings. The van der Waals surface area contributed by atoms with Crippen LogP contribution in [0.25, 0.3) is 11.1 Å². The van der Waals surface area contributed by atoms with E-state index in [-0.39, 0.29) is 63.7 Å². The molecule has 22 heteroatoms. The Morgan fingerprint density at radius 3 is 2.10 bits per heavy atom. The summed E-state index contributed by atoms with van der Waals surface area (Å²) in [6, 6.07) is 8.71. The number of carbonyl (C=O) groups is 9. The highest BCUT2D eigenvalue weighted by molar-refractivity contribution is 6.05. The molecule has 1 unspecified atom stereocenters. The van der Waals surface area contributed by atoms with E-state index in [1.807, 2.05) is 55.7 Å². The van der Waals surface area contributed by atoms with Gasteiger partial charge in [0.05, 0.1) is 12.1 Å². The molecule has 1 saturated heterocycles. The summed E-state index contributed by atoms with van der Waals surface area (Å²) in [6.07, 6.45) is 2.10. The van der Waals surface area contributed by atoms with E-state index in [9.17, 15) is 57.8 Å². The van der Waals surface area contributed by atoms with Gasteiger partial charge in [-0.05, 0) is 73.8 Å². The van der Waals surface area contributed by atoms with Crippen molar-refractivity contribution >= 4 is 53.2 Å². The van der Waals surface area contributed by atoms with Crippen LogP contribution in [0.4, 0.5) is 8.78 Å². The predicted octanol–water partition coefficient (Wildman–Crippen LogP) is 2.26. The number of nitrogens with two attached hydrogens (primary N) is 1. The highest BCUT2D eigenvalue weighted by atomic mass is 19.1. The number of aromatic nitrogens is 1. The second-order valence-electron chi connectivity index (χ2n) is 19.5. The molecule has 0 radical (unpaired) electrons. The molecule has 1 fully saturated rings. The lowest BCUT2D eigenvalue weighted by atomic mass is 9.82. The van der Waals surface area contributed by atoms with E-state index < -0.39 is 120 Å². The van der Waals surface area contributed by atoms with Gasteiger partial charge in [0.15, 0.2) is 0 Å². The molecule has 0 saturated carbocycles. The zero-order valence-electron chi connectivity index (χ0n) is 42.2. The molecule has 0 aliphatic carbocycles. The lowest BCUT2D eigenvalue weighted by Gasteiger charge is -2.41. The van der Waals surface area contributed by atoms with Crippen LogP contribution in [0.3, 0.4) is 0 Å². The molecule has 4 rings (SSSR count). The summed E-state index contributed by atoms with van der Waals surface area (Å²) in [5.74, 6) is -7.98. The number of nitrogens with zero attached hydrogens (tertiary/aromatic N) is 3. The number of aliphatic hydroxyl groups excluding tert-OH is 1. The van der Waals surface area contributed by atoms with E-state index in [1.165, 1.54) is 11.8 Å². The Labute approximate surface area is 423 Å². The number of hydrogen-bond acceptors (Lipinski definition) is 11. The zero-order valence-corrected chi connectivity index (χ0v) is 42.2. The Balaban J connectivity index is 1.25. The van der Waals surface area contributed by atoms with Crippen LogP contribution in [0.2, 0.25) is 0 Å². The topological polar surface area (TPSA) is 292 Å². The van der Waals surface area contributed by atoms with E-state index in [0.717, 1.165) is 28.7 Å². The number of amides is 8. The second kappa shape index (κ2) is 27.1. The Morgan fingerprint density at radius 1 is 0.808 bits per heavy atom. The van der Waals surface area contributed by atoms with E-state index in [4.69, 9.17) is 5.73 Å². The zero-order chi connectivity index (χ0) is 54.2. The minimum absolute atomic E-state index is 0.00389. The molecule has 1 aromatic heterocycles. The van der Waals surface area contributed by atoms with Gasteiger partial charge in [0.2, 0.25) is 47.3 Å². The van der Waals surface area contributed by atoms with E-state index in [0.29, 0.717) is 24.2 Å². The minimum Gasteiger partial charge on any atom is -0.480 e. The highest BCUT2D eigenvalue weighted by Gasteiger charge is 2.38. The Morgan fingerprint density at radius 2 is 1.48 bits per heavy atom. The number of unbranched alkanes of at least 4 members (excludes halogenated alkanes) is 1. The largest absolute Gasteiger partial charge is 0.480 e. The Bertz CT molecular complexity index is 2450. The summed E-state index contributed by atoms with van der Waals surface area (Å²) in [7, 11) is 0. The maximum Gasteiger partial charge on any atom is 0.326 e. The van der Waals surface area contributed by atoms with Crippen LogP contribution < -0.4 is 32.3 Å². The molecular weight excluding hydrogens is 953 g/mol. The standard InChI is InChI=1S/C51H69F2N9O11/c1-30(2)45(59-41(65)28-62-42(66)17-18-43(62)67)49(71)57-31(3)47(69)58-38(50(72)73)14-10-11-21-55-40(64)19-22-56-48(70)37(54)20-23-61(44(68)29-63)46(51(4,5)6)39-24-33(35-25-34(52)15-16-36(35)53)27-60(39)26-32-12-8-7-9-13-32/h7-9,12-13,15-16,24-25,27,30-31,37-38,45-46,63H,10-11,14,17-23,26,28-29,54H2,1-6H3,(H,55,64)(H,56,70)(H,57,71)(H,58,69)(H,59,65)(H,72,73)/t31-,37-,38-,45?,46-/m0/s1. The van der Waals surface area contributed by atoms with Gasteiger partial charge in [-0.2, -0.15) is 0 Å². The van der Waals surface area contributed by atoms with Crippen molar-refractivity contribution in [3.63, 3.8) is 0 Å².